The molecule has 0 fully saturated rings. The largest absolute Gasteiger partial charge is 0.392 e. The minimum atomic E-state index is 0.0551. The molecule has 1 nitrogen and oxygen atoms in total. The molecule has 0 saturated carbocycles. The molecule has 0 saturated heterocycles. The van der Waals surface area contributed by atoms with Crippen LogP contribution in [0.3, 0.4) is 0 Å². The number of hydrogen-bond acceptors (Lipinski definition) is 1. The molecule has 0 aromatic heterocycles. The highest BCUT2D eigenvalue weighted by molar-refractivity contribution is 9.11. The third-order valence-corrected chi connectivity index (χ3v) is 3.40. The number of hydrogen-bond donors (Lipinski definition) is 1. The Morgan fingerprint density at radius 2 is 1.69 bits per heavy atom. The molecule has 1 aromatic carbocycles. The van der Waals surface area contributed by atoms with Gasteiger partial charge in [0.15, 0.2) is 0 Å². The smallest absolute Gasteiger partial charge is 0.0703 e. The average Bonchev–Trinajstić information content (AvgIpc) is 2.03. The Morgan fingerprint density at radius 3 is 2.00 bits per heavy atom. The van der Waals surface area contributed by atoms with Gasteiger partial charge in [0, 0.05) is 14.5 Å². The molecule has 0 unspecified atom stereocenters. The van der Waals surface area contributed by atoms with Crippen molar-refractivity contribution in [1.82, 2.24) is 0 Å². The molecule has 13 heavy (non-hydrogen) atoms. The van der Waals surface area contributed by atoms with Gasteiger partial charge in [-0.3, -0.25) is 0 Å². The highest BCUT2D eigenvalue weighted by atomic mass is 79.9. The molecule has 0 aliphatic carbocycles. The normalized spacial score (nSPS) is 10.9. The first-order chi connectivity index (χ1) is 6.06. The molecular weight excluding hydrogens is 296 g/mol. The van der Waals surface area contributed by atoms with Crippen LogP contribution in [0.5, 0.6) is 0 Å². The third kappa shape index (κ3) is 2.55. The van der Waals surface area contributed by atoms with Gasteiger partial charge in [-0.2, -0.15) is 0 Å². The summed E-state index contributed by atoms with van der Waals surface area (Å²) in [5.41, 5.74) is 2.17. The summed E-state index contributed by atoms with van der Waals surface area (Å²) in [7, 11) is 0. The summed E-state index contributed by atoms with van der Waals surface area (Å²) in [6, 6.07) is 4.11. The highest BCUT2D eigenvalue weighted by Gasteiger charge is 2.08. The molecule has 0 aliphatic heterocycles. The van der Waals surface area contributed by atoms with Crippen molar-refractivity contribution in [3.8, 4) is 0 Å². The monoisotopic (exact) mass is 306 g/mol. The van der Waals surface area contributed by atoms with E-state index in [1.807, 2.05) is 0 Å². The van der Waals surface area contributed by atoms with Crippen LogP contribution in [0.15, 0.2) is 21.1 Å². The molecule has 0 bridgehead atoms. The molecule has 1 rings (SSSR count). The van der Waals surface area contributed by atoms with Gasteiger partial charge in [-0.1, -0.05) is 45.7 Å². The Kier molecular flexibility index (Phi) is 3.95. The Morgan fingerprint density at radius 1 is 1.23 bits per heavy atom. The van der Waals surface area contributed by atoms with Crippen molar-refractivity contribution in [2.75, 3.05) is 0 Å². The molecule has 0 radical (unpaired) electrons. The lowest BCUT2D eigenvalue weighted by Crippen LogP contribution is -1.93. The predicted octanol–water partition coefficient (Wildman–Crippen LogP) is 3.83. The van der Waals surface area contributed by atoms with Crippen LogP contribution in [-0.2, 0) is 6.61 Å². The van der Waals surface area contributed by atoms with Crippen molar-refractivity contribution in [3.05, 3.63) is 32.2 Å². The lowest BCUT2D eigenvalue weighted by Gasteiger charge is -2.10. The lowest BCUT2D eigenvalue weighted by atomic mass is 10.0. The van der Waals surface area contributed by atoms with Gasteiger partial charge >= 0.3 is 0 Å². The number of aliphatic hydroxyl groups excluding tert-OH is 1. The van der Waals surface area contributed by atoms with Gasteiger partial charge in [0.25, 0.3) is 0 Å². The first-order valence-electron chi connectivity index (χ1n) is 4.15. The van der Waals surface area contributed by atoms with E-state index >= 15 is 0 Å². The minimum Gasteiger partial charge on any atom is -0.392 e. The van der Waals surface area contributed by atoms with Gasteiger partial charge in [0.2, 0.25) is 0 Å². The van der Waals surface area contributed by atoms with Crippen LogP contribution >= 0.6 is 31.9 Å². The van der Waals surface area contributed by atoms with E-state index in [4.69, 9.17) is 5.11 Å². The summed E-state index contributed by atoms with van der Waals surface area (Å²) in [4.78, 5) is 0. The van der Waals surface area contributed by atoms with Crippen LogP contribution in [0.4, 0.5) is 0 Å². The summed E-state index contributed by atoms with van der Waals surface area (Å²) < 4.78 is 1.93. The summed E-state index contributed by atoms with van der Waals surface area (Å²) in [5, 5.41) is 9.07. The van der Waals surface area contributed by atoms with Crippen molar-refractivity contribution in [1.29, 1.82) is 0 Å². The first kappa shape index (κ1) is 11.2. The number of halogens is 2. The summed E-state index contributed by atoms with van der Waals surface area (Å²) in [6.07, 6.45) is 0. The zero-order valence-corrected chi connectivity index (χ0v) is 10.8. The van der Waals surface area contributed by atoms with Gasteiger partial charge in [-0.25, -0.2) is 0 Å². The van der Waals surface area contributed by atoms with Gasteiger partial charge in [-0.05, 0) is 23.6 Å². The summed E-state index contributed by atoms with van der Waals surface area (Å²) in [6.45, 7) is 4.35. The maximum Gasteiger partial charge on any atom is 0.0703 e. The second-order valence-electron chi connectivity index (χ2n) is 3.28. The number of aliphatic hydroxyl groups is 1. The Balaban J connectivity index is 3.20. The molecule has 3 heteroatoms. The maximum absolute atomic E-state index is 9.07. The fraction of sp³-hybridized carbons (Fsp3) is 0.400. The van der Waals surface area contributed by atoms with Gasteiger partial charge in [0.1, 0.15) is 0 Å². The fourth-order valence-electron chi connectivity index (χ4n) is 1.11. The second kappa shape index (κ2) is 4.58. The molecule has 0 atom stereocenters. The van der Waals surface area contributed by atoms with E-state index in [2.05, 4.69) is 57.8 Å². The minimum absolute atomic E-state index is 0.0551. The number of benzene rings is 1. The molecule has 0 spiro atoms. The first-order valence-corrected chi connectivity index (χ1v) is 5.73. The summed E-state index contributed by atoms with van der Waals surface area (Å²) >= 11 is 6.87. The van der Waals surface area contributed by atoms with Crippen LogP contribution in [-0.4, -0.2) is 5.11 Å². The van der Waals surface area contributed by atoms with E-state index < -0.39 is 0 Å². The molecule has 72 valence electrons. The van der Waals surface area contributed by atoms with Crippen molar-refractivity contribution < 1.29 is 5.11 Å². The average molecular weight is 308 g/mol. The predicted molar refractivity (Wildman–Crippen MR) is 61.9 cm³/mol. The molecule has 1 aromatic rings. The quantitative estimate of drug-likeness (QED) is 0.880. The molecule has 1 N–H and O–H groups in total. The molecular formula is C10H12Br2O. The van der Waals surface area contributed by atoms with Crippen LogP contribution < -0.4 is 0 Å². The molecule has 0 aliphatic rings. The van der Waals surface area contributed by atoms with E-state index in [9.17, 15) is 0 Å². The standard InChI is InChI=1S/C10H12Br2O/c1-6(2)7-3-9(11)8(5-13)10(12)4-7/h3-4,6,13H,5H2,1-2H3. The Labute approximate surface area is 95.4 Å². The fourth-order valence-corrected chi connectivity index (χ4v) is 2.58. The Hall–Kier alpha value is 0.140. The summed E-state index contributed by atoms with van der Waals surface area (Å²) in [5.74, 6) is 0.500. The topological polar surface area (TPSA) is 20.2 Å². The van der Waals surface area contributed by atoms with Gasteiger partial charge < -0.3 is 5.11 Å². The van der Waals surface area contributed by atoms with Gasteiger partial charge in [0.05, 0.1) is 6.61 Å². The van der Waals surface area contributed by atoms with E-state index in [1.54, 1.807) is 0 Å². The highest BCUT2D eigenvalue weighted by Crippen LogP contribution is 2.30. The van der Waals surface area contributed by atoms with Crippen molar-refractivity contribution in [2.45, 2.75) is 26.4 Å². The van der Waals surface area contributed by atoms with Crippen LogP contribution in [0.25, 0.3) is 0 Å². The van der Waals surface area contributed by atoms with Crippen LogP contribution in [0.2, 0.25) is 0 Å². The molecule has 0 heterocycles. The zero-order chi connectivity index (χ0) is 10.0. The SMILES string of the molecule is CC(C)c1cc(Br)c(CO)c(Br)c1. The van der Waals surface area contributed by atoms with Gasteiger partial charge in [-0.15, -0.1) is 0 Å². The molecule has 0 amide bonds. The van der Waals surface area contributed by atoms with Crippen molar-refractivity contribution in [3.63, 3.8) is 0 Å². The maximum atomic E-state index is 9.07. The zero-order valence-electron chi connectivity index (χ0n) is 7.64. The van der Waals surface area contributed by atoms with E-state index in [0.29, 0.717) is 5.92 Å². The van der Waals surface area contributed by atoms with E-state index in [1.165, 1.54) is 5.56 Å². The van der Waals surface area contributed by atoms with E-state index in [0.717, 1.165) is 14.5 Å². The van der Waals surface area contributed by atoms with Crippen LogP contribution in [0.1, 0.15) is 30.9 Å². The van der Waals surface area contributed by atoms with Crippen molar-refractivity contribution >= 4 is 31.9 Å². The van der Waals surface area contributed by atoms with Crippen molar-refractivity contribution in [2.24, 2.45) is 0 Å². The van der Waals surface area contributed by atoms with E-state index in [-0.39, 0.29) is 6.61 Å². The van der Waals surface area contributed by atoms with Crippen LogP contribution in [0, 0.1) is 0 Å². The second-order valence-corrected chi connectivity index (χ2v) is 4.98. The lowest BCUT2D eigenvalue weighted by molar-refractivity contribution is 0.280. The third-order valence-electron chi connectivity index (χ3n) is 1.99. The number of rotatable bonds is 2. The Bertz CT molecular complexity index is 285.